The summed E-state index contributed by atoms with van der Waals surface area (Å²) in [5, 5.41) is 1.09. The molecule has 0 fully saturated rings. The highest BCUT2D eigenvalue weighted by Crippen LogP contribution is 2.30. The Morgan fingerprint density at radius 2 is 2.07 bits per heavy atom. The zero-order chi connectivity index (χ0) is 11.0. The quantitative estimate of drug-likeness (QED) is 0.898. The minimum atomic E-state index is -0.0377. The van der Waals surface area contributed by atoms with E-state index in [2.05, 4.69) is 29.8 Å². The van der Waals surface area contributed by atoms with Crippen LogP contribution in [0.4, 0.5) is 0 Å². The average Bonchev–Trinajstić information content (AvgIpc) is 2.61. The van der Waals surface area contributed by atoms with E-state index in [0.29, 0.717) is 5.92 Å². The van der Waals surface area contributed by atoms with E-state index in [1.165, 1.54) is 0 Å². The molecule has 1 atom stereocenters. The summed E-state index contributed by atoms with van der Waals surface area (Å²) < 4.78 is 6.76. The SMILES string of the molecule is CC(C)C(N)c1cc2c(Br)cccc2o1. The second-order valence-corrected chi connectivity index (χ2v) is 4.92. The van der Waals surface area contributed by atoms with Crippen molar-refractivity contribution in [2.45, 2.75) is 19.9 Å². The molecule has 1 aromatic heterocycles. The molecule has 0 spiro atoms. The van der Waals surface area contributed by atoms with E-state index in [9.17, 15) is 0 Å². The topological polar surface area (TPSA) is 39.2 Å². The third kappa shape index (κ3) is 1.94. The summed E-state index contributed by atoms with van der Waals surface area (Å²) in [6.45, 7) is 4.18. The highest BCUT2D eigenvalue weighted by atomic mass is 79.9. The highest BCUT2D eigenvalue weighted by molar-refractivity contribution is 9.10. The van der Waals surface area contributed by atoms with Crippen molar-refractivity contribution in [3.63, 3.8) is 0 Å². The van der Waals surface area contributed by atoms with Crippen LogP contribution in [0, 0.1) is 5.92 Å². The molecule has 0 amide bonds. The summed E-state index contributed by atoms with van der Waals surface area (Å²) in [4.78, 5) is 0. The van der Waals surface area contributed by atoms with Gasteiger partial charge >= 0.3 is 0 Å². The number of hydrogen-bond donors (Lipinski definition) is 1. The maximum Gasteiger partial charge on any atom is 0.135 e. The van der Waals surface area contributed by atoms with Crippen LogP contribution >= 0.6 is 15.9 Å². The van der Waals surface area contributed by atoms with Gasteiger partial charge in [-0.2, -0.15) is 0 Å². The van der Waals surface area contributed by atoms with E-state index in [4.69, 9.17) is 10.2 Å². The zero-order valence-corrected chi connectivity index (χ0v) is 10.4. The second-order valence-electron chi connectivity index (χ2n) is 4.07. The molecule has 80 valence electrons. The molecule has 2 rings (SSSR count). The van der Waals surface area contributed by atoms with Gasteiger partial charge in [-0.25, -0.2) is 0 Å². The molecule has 0 aliphatic heterocycles. The molecule has 0 aliphatic carbocycles. The Bertz CT molecular complexity index is 475. The fraction of sp³-hybridized carbons (Fsp3) is 0.333. The highest BCUT2D eigenvalue weighted by Gasteiger charge is 2.16. The van der Waals surface area contributed by atoms with Crippen LogP contribution < -0.4 is 5.73 Å². The number of benzene rings is 1. The molecule has 2 aromatic rings. The van der Waals surface area contributed by atoms with Crippen molar-refractivity contribution >= 4 is 26.9 Å². The van der Waals surface area contributed by atoms with Crippen molar-refractivity contribution in [1.82, 2.24) is 0 Å². The van der Waals surface area contributed by atoms with Crippen molar-refractivity contribution in [2.24, 2.45) is 11.7 Å². The van der Waals surface area contributed by atoms with E-state index < -0.39 is 0 Å². The first-order valence-electron chi connectivity index (χ1n) is 5.03. The molecule has 0 bridgehead atoms. The first-order chi connectivity index (χ1) is 7.09. The summed E-state index contributed by atoms with van der Waals surface area (Å²) in [5.41, 5.74) is 6.93. The van der Waals surface area contributed by atoms with E-state index in [0.717, 1.165) is 21.2 Å². The Hall–Kier alpha value is -0.800. The lowest BCUT2D eigenvalue weighted by Gasteiger charge is -2.11. The van der Waals surface area contributed by atoms with Crippen molar-refractivity contribution < 1.29 is 4.42 Å². The Labute approximate surface area is 97.6 Å². The van der Waals surface area contributed by atoms with Gasteiger partial charge in [-0.05, 0) is 24.1 Å². The molecule has 0 radical (unpaired) electrons. The normalized spacial score (nSPS) is 13.7. The molecule has 0 saturated heterocycles. The molecule has 2 nitrogen and oxygen atoms in total. The first kappa shape index (κ1) is 10.7. The predicted octanol–water partition coefficient (Wildman–Crippen LogP) is 3.85. The van der Waals surface area contributed by atoms with Crippen LogP contribution in [0.5, 0.6) is 0 Å². The van der Waals surface area contributed by atoms with Gasteiger partial charge in [-0.15, -0.1) is 0 Å². The predicted molar refractivity (Wildman–Crippen MR) is 65.7 cm³/mol. The number of nitrogens with two attached hydrogens (primary N) is 1. The van der Waals surface area contributed by atoms with Crippen LogP contribution in [0.1, 0.15) is 25.6 Å². The van der Waals surface area contributed by atoms with Crippen molar-refractivity contribution in [2.75, 3.05) is 0 Å². The largest absolute Gasteiger partial charge is 0.459 e. The van der Waals surface area contributed by atoms with Crippen molar-refractivity contribution in [3.05, 3.63) is 34.5 Å². The first-order valence-corrected chi connectivity index (χ1v) is 5.82. The fourth-order valence-electron chi connectivity index (χ4n) is 1.54. The van der Waals surface area contributed by atoms with Crippen LogP contribution in [0.3, 0.4) is 0 Å². The summed E-state index contributed by atoms with van der Waals surface area (Å²) in [5.74, 6) is 1.23. The minimum Gasteiger partial charge on any atom is -0.459 e. The van der Waals surface area contributed by atoms with Crippen molar-refractivity contribution in [3.8, 4) is 0 Å². The second kappa shape index (κ2) is 3.99. The number of hydrogen-bond acceptors (Lipinski definition) is 2. The van der Waals surface area contributed by atoms with Gasteiger partial charge in [-0.3, -0.25) is 0 Å². The molecule has 0 saturated carbocycles. The molecule has 1 unspecified atom stereocenters. The van der Waals surface area contributed by atoms with Gasteiger partial charge in [0.2, 0.25) is 0 Å². The van der Waals surface area contributed by atoms with E-state index in [-0.39, 0.29) is 6.04 Å². The lowest BCUT2D eigenvalue weighted by atomic mass is 10.0. The lowest BCUT2D eigenvalue weighted by molar-refractivity contribution is 0.418. The van der Waals surface area contributed by atoms with Gasteiger partial charge in [0, 0.05) is 9.86 Å². The van der Waals surface area contributed by atoms with Gasteiger partial charge in [0.25, 0.3) is 0 Å². The smallest absolute Gasteiger partial charge is 0.135 e. The minimum absolute atomic E-state index is 0.0377. The molecule has 15 heavy (non-hydrogen) atoms. The molecule has 2 N–H and O–H groups in total. The third-order valence-electron chi connectivity index (χ3n) is 2.57. The molecule has 1 aromatic carbocycles. The fourth-order valence-corrected chi connectivity index (χ4v) is 2.00. The summed E-state index contributed by atoms with van der Waals surface area (Å²) in [6, 6.07) is 7.90. The molecule has 0 aliphatic rings. The average molecular weight is 268 g/mol. The zero-order valence-electron chi connectivity index (χ0n) is 8.83. The number of furan rings is 1. The van der Waals surface area contributed by atoms with Crippen LogP contribution in [-0.2, 0) is 0 Å². The Kier molecular flexibility index (Phi) is 2.85. The molecular weight excluding hydrogens is 254 g/mol. The summed E-state index contributed by atoms with van der Waals surface area (Å²) in [6.07, 6.45) is 0. The van der Waals surface area contributed by atoms with Crippen LogP contribution in [0.25, 0.3) is 11.0 Å². The van der Waals surface area contributed by atoms with Crippen LogP contribution in [0.15, 0.2) is 33.2 Å². The van der Waals surface area contributed by atoms with Gasteiger partial charge in [-0.1, -0.05) is 35.8 Å². The molecule has 1 heterocycles. The van der Waals surface area contributed by atoms with Gasteiger partial charge < -0.3 is 10.2 Å². The van der Waals surface area contributed by atoms with Crippen molar-refractivity contribution in [1.29, 1.82) is 0 Å². The van der Waals surface area contributed by atoms with E-state index in [1.807, 2.05) is 24.3 Å². The lowest BCUT2D eigenvalue weighted by Crippen LogP contribution is -2.15. The number of fused-ring (bicyclic) bond motifs is 1. The van der Waals surface area contributed by atoms with Gasteiger partial charge in [0.15, 0.2) is 0 Å². The van der Waals surface area contributed by atoms with E-state index in [1.54, 1.807) is 0 Å². The van der Waals surface area contributed by atoms with Gasteiger partial charge in [0.1, 0.15) is 11.3 Å². The van der Waals surface area contributed by atoms with Gasteiger partial charge in [0.05, 0.1) is 6.04 Å². The third-order valence-corrected chi connectivity index (χ3v) is 3.27. The number of halogens is 1. The maximum atomic E-state index is 6.04. The monoisotopic (exact) mass is 267 g/mol. The molecular formula is C12H14BrNO. The van der Waals surface area contributed by atoms with E-state index >= 15 is 0 Å². The Morgan fingerprint density at radius 3 is 2.67 bits per heavy atom. The Morgan fingerprint density at radius 1 is 1.33 bits per heavy atom. The summed E-state index contributed by atoms with van der Waals surface area (Å²) in [7, 11) is 0. The van der Waals surface area contributed by atoms with Crippen LogP contribution in [0.2, 0.25) is 0 Å². The summed E-state index contributed by atoms with van der Waals surface area (Å²) >= 11 is 3.50. The Balaban J connectivity index is 2.52. The maximum absolute atomic E-state index is 6.04. The molecule has 3 heteroatoms. The number of rotatable bonds is 2. The standard InChI is InChI=1S/C12H14BrNO/c1-7(2)12(14)11-6-8-9(13)4-3-5-10(8)15-11/h3-7,12H,14H2,1-2H3. The van der Waals surface area contributed by atoms with Crippen LogP contribution in [-0.4, -0.2) is 0 Å².